The number of nitrogens with zero attached hydrogens (tertiary/aromatic N) is 3. The van der Waals surface area contributed by atoms with Gasteiger partial charge in [-0.15, -0.1) is 10.2 Å². The summed E-state index contributed by atoms with van der Waals surface area (Å²) < 4.78 is 39.3. The average Bonchev–Trinajstić information content (AvgIpc) is 3.08. The molecule has 1 fully saturated rings. The zero-order valence-electron chi connectivity index (χ0n) is 10.1. The predicted octanol–water partition coefficient (Wildman–Crippen LogP) is 2.25. The van der Waals surface area contributed by atoms with Crippen molar-refractivity contribution >= 4 is 5.65 Å². The van der Waals surface area contributed by atoms with Crippen LogP contribution in [0.5, 0.6) is 0 Å². The maximum absolute atomic E-state index is 12.7. The van der Waals surface area contributed by atoms with E-state index in [1.165, 1.54) is 23.3 Å². The van der Waals surface area contributed by atoms with E-state index >= 15 is 0 Å². The normalized spacial score (nSPS) is 16.2. The molecule has 0 bridgehead atoms. The van der Waals surface area contributed by atoms with Crippen molar-refractivity contribution in [2.75, 3.05) is 6.54 Å². The van der Waals surface area contributed by atoms with Gasteiger partial charge in [-0.25, -0.2) is 0 Å². The summed E-state index contributed by atoms with van der Waals surface area (Å²) in [5, 5.41) is 11.0. The summed E-state index contributed by atoms with van der Waals surface area (Å²) in [5.74, 6) is 1.21. The third-order valence-electron chi connectivity index (χ3n) is 3.21. The van der Waals surface area contributed by atoms with Crippen molar-refractivity contribution in [1.82, 2.24) is 19.9 Å². The molecule has 1 aliphatic carbocycles. The summed E-state index contributed by atoms with van der Waals surface area (Å²) in [6.45, 7) is 1.31. The van der Waals surface area contributed by atoms with Crippen LogP contribution in [0.1, 0.15) is 24.2 Å². The van der Waals surface area contributed by atoms with E-state index in [1.54, 1.807) is 0 Å². The smallest absolute Gasteiger partial charge is 0.310 e. The van der Waals surface area contributed by atoms with Gasteiger partial charge in [-0.1, -0.05) is 0 Å². The van der Waals surface area contributed by atoms with E-state index in [1.807, 2.05) is 0 Å². The standard InChI is InChI=1S/C12H13F3N4/c13-12(14,15)9-3-4-10-17-18-11(19(10)7-9)6-16-5-8-1-2-8/h3-4,7-8,16H,1-2,5-6H2. The Kier molecular flexibility index (Phi) is 2.93. The summed E-state index contributed by atoms with van der Waals surface area (Å²) in [4.78, 5) is 0. The zero-order valence-corrected chi connectivity index (χ0v) is 10.1. The topological polar surface area (TPSA) is 42.2 Å². The maximum atomic E-state index is 12.7. The van der Waals surface area contributed by atoms with E-state index in [4.69, 9.17) is 0 Å². The number of hydrogen-bond donors (Lipinski definition) is 1. The Bertz CT molecular complexity index is 586. The fourth-order valence-electron chi connectivity index (χ4n) is 1.94. The molecule has 19 heavy (non-hydrogen) atoms. The van der Waals surface area contributed by atoms with Gasteiger partial charge in [-0.3, -0.25) is 4.40 Å². The molecule has 1 N–H and O–H groups in total. The largest absolute Gasteiger partial charge is 0.417 e. The summed E-state index contributed by atoms with van der Waals surface area (Å²) in [6.07, 6.45) is -0.849. The molecule has 0 amide bonds. The number of aromatic nitrogens is 3. The third kappa shape index (κ3) is 2.70. The van der Waals surface area contributed by atoms with Gasteiger partial charge in [0.15, 0.2) is 11.5 Å². The first-order valence-electron chi connectivity index (χ1n) is 6.15. The van der Waals surface area contributed by atoms with Crippen molar-refractivity contribution in [3.05, 3.63) is 29.7 Å². The molecule has 0 atom stereocenters. The minimum atomic E-state index is -4.35. The number of hydrogen-bond acceptors (Lipinski definition) is 3. The highest BCUT2D eigenvalue weighted by molar-refractivity contribution is 5.40. The highest BCUT2D eigenvalue weighted by atomic mass is 19.4. The zero-order chi connectivity index (χ0) is 13.5. The quantitative estimate of drug-likeness (QED) is 0.926. The minimum Gasteiger partial charge on any atom is -0.310 e. The van der Waals surface area contributed by atoms with Crippen LogP contribution < -0.4 is 5.32 Å². The highest BCUT2D eigenvalue weighted by Gasteiger charge is 2.31. The van der Waals surface area contributed by atoms with Gasteiger partial charge in [-0.05, 0) is 37.4 Å². The molecule has 102 valence electrons. The second-order valence-electron chi connectivity index (χ2n) is 4.83. The number of nitrogens with one attached hydrogen (secondary N) is 1. The van der Waals surface area contributed by atoms with Crippen LogP contribution in [-0.2, 0) is 12.7 Å². The second-order valence-corrected chi connectivity index (χ2v) is 4.83. The molecule has 2 heterocycles. The van der Waals surface area contributed by atoms with Gasteiger partial charge in [0.25, 0.3) is 0 Å². The van der Waals surface area contributed by atoms with Gasteiger partial charge in [0.2, 0.25) is 0 Å². The predicted molar refractivity (Wildman–Crippen MR) is 62.4 cm³/mol. The van der Waals surface area contributed by atoms with Crippen LogP contribution in [0, 0.1) is 5.92 Å². The van der Waals surface area contributed by atoms with Crippen LogP contribution in [0.2, 0.25) is 0 Å². The fraction of sp³-hybridized carbons (Fsp3) is 0.500. The second kappa shape index (κ2) is 4.48. The summed E-state index contributed by atoms with van der Waals surface area (Å²) >= 11 is 0. The lowest BCUT2D eigenvalue weighted by molar-refractivity contribution is -0.137. The molecule has 7 heteroatoms. The fourth-order valence-corrected chi connectivity index (χ4v) is 1.94. The van der Waals surface area contributed by atoms with Crippen LogP contribution in [0.25, 0.3) is 5.65 Å². The first-order chi connectivity index (χ1) is 9.04. The van der Waals surface area contributed by atoms with E-state index in [9.17, 15) is 13.2 Å². The maximum Gasteiger partial charge on any atom is 0.417 e. The monoisotopic (exact) mass is 270 g/mol. The molecule has 3 rings (SSSR count). The molecule has 0 spiro atoms. The first-order valence-corrected chi connectivity index (χ1v) is 6.15. The van der Waals surface area contributed by atoms with Crippen molar-refractivity contribution in [3.63, 3.8) is 0 Å². The van der Waals surface area contributed by atoms with Crippen molar-refractivity contribution in [3.8, 4) is 0 Å². The Hall–Kier alpha value is -1.63. The van der Waals surface area contributed by atoms with E-state index in [0.29, 0.717) is 23.9 Å². The molecule has 0 aliphatic heterocycles. The molecule has 2 aromatic rings. The molecular weight excluding hydrogens is 257 g/mol. The number of fused-ring (bicyclic) bond motifs is 1. The van der Waals surface area contributed by atoms with Gasteiger partial charge >= 0.3 is 6.18 Å². The lowest BCUT2D eigenvalue weighted by Gasteiger charge is -2.07. The summed E-state index contributed by atoms with van der Waals surface area (Å²) in [7, 11) is 0. The molecule has 2 aromatic heterocycles. The lowest BCUT2D eigenvalue weighted by Crippen LogP contribution is -2.18. The molecular formula is C12H13F3N4. The Labute approximate surface area is 107 Å². The number of rotatable bonds is 4. The number of pyridine rings is 1. The van der Waals surface area contributed by atoms with Crippen LogP contribution >= 0.6 is 0 Å². The van der Waals surface area contributed by atoms with Crippen LogP contribution in [0.15, 0.2) is 18.3 Å². The molecule has 0 saturated heterocycles. The van der Waals surface area contributed by atoms with Gasteiger partial charge in [0.1, 0.15) is 0 Å². The Morgan fingerprint density at radius 2 is 2.05 bits per heavy atom. The Morgan fingerprint density at radius 1 is 1.26 bits per heavy atom. The van der Waals surface area contributed by atoms with Crippen molar-refractivity contribution in [2.45, 2.75) is 25.6 Å². The molecule has 1 saturated carbocycles. The summed E-state index contributed by atoms with van der Waals surface area (Å²) in [6, 6.07) is 2.35. The third-order valence-corrected chi connectivity index (χ3v) is 3.21. The van der Waals surface area contributed by atoms with Gasteiger partial charge in [0, 0.05) is 6.20 Å². The van der Waals surface area contributed by atoms with Crippen LogP contribution in [0.3, 0.4) is 0 Å². The Balaban J connectivity index is 1.82. The van der Waals surface area contributed by atoms with Crippen LogP contribution in [-0.4, -0.2) is 21.1 Å². The van der Waals surface area contributed by atoms with E-state index < -0.39 is 11.7 Å². The molecule has 1 aliphatic rings. The van der Waals surface area contributed by atoms with Gasteiger partial charge in [-0.2, -0.15) is 13.2 Å². The lowest BCUT2D eigenvalue weighted by atomic mass is 10.3. The molecule has 4 nitrogen and oxygen atoms in total. The van der Waals surface area contributed by atoms with Crippen LogP contribution in [0.4, 0.5) is 13.2 Å². The van der Waals surface area contributed by atoms with Crippen molar-refractivity contribution < 1.29 is 13.2 Å². The highest BCUT2D eigenvalue weighted by Crippen LogP contribution is 2.29. The van der Waals surface area contributed by atoms with E-state index in [-0.39, 0.29) is 0 Å². The summed E-state index contributed by atoms with van der Waals surface area (Å²) in [5.41, 5.74) is -0.264. The van der Waals surface area contributed by atoms with Crippen molar-refractivity contribution in [1.29, 1.82) is 0 Å². The molecule has 0 unspecified atom stereocenters. The van der Waals surface area contributed by atoms with E-state index in [2.05, 4.69) is 15.5 Å². The number of alkyl halides is 3. The molecule has 0 aromatic carbocycles. The van der Waals surface area contributed by atoms with Gasteiger partial charge < -0.3 is 5.32 Å². The van der Waals surface area contributed by atoms with Gasteiger partial charge in [0.05, 0.1) is 12.1 Å². The van der Waals surface area contributed by atoms with Crippen molar-refractivity contribution in [2.24, 2.45) is 5.92 Å². The average molecular weight is 270 g/mol. The van der Waals surface area contributed by atoms with E-state index in [0.717, 1.165) is 18.8 Å². The first kappa shape index (κ1) is 12.4. The number of halogens is 3. The SMILES string of the molecule is FC(F)(F)c1ccc2nnc(CNCC3CC3)n2c1. The molecule has 0 radical (unpaired) electrons. The minimum absolute atomic E-state index is 0.427. The Morgan fingerprint density at radius 3 is 2.74 bits per heavy atom.